The summed E-state index contributed by atoms with van der Waals surface area (Å²) in [5.74, 6) is 0.447. The number of benzene rings is 1. The molecule has 1 aromatic rings. The monoisotopic (exact) mass is 283 g/mol. The summed E-state index contributed by atoms with van der Waals surface area (Å²) in [6.45, 7) is 3.79. The molecule has 0 aromatic heterocycles. The second-order valence-corrected chi connectivity index (χ2v) is 7.58. The Kier molecular flexibility index (Phi) is 6.01. The maximum Gasteiger partial charge on any atom is 0.150 e. The Labute approximate surface area is 117 Å². The molecule has 0 aliphatic rings. The van der Waals surface area contributed by atoms with Crippen LogP contribution >= 0.6 is 0 Å². The highest BCUT2D eigenvalue weighted by molar-refractivity contribution is 7.91. The summed E-state index contributed by atoms with van der Waals surface area (Å²) < 4.78 is 23.1. The molecule has 19 heavy (non-hydrogen) atoms. The number of nitrogens with two attached hydrogens (primary N) is 1. The summed E-state index contributed by atoms with van der Waals surface area (Å²) >= 11 is 0. The van der Waals surface area contributed by atoms with Crippen molar-refractivity contribution in [1.82, 2.24) is 0 Å². The van der Waals surface area contributed by atoms with Gasteiger partial charge in [0.2, 0.25) is 0 Å². The fourth-order valence-corrected chi connectivity index (χ4v) is 3.25. The van der Waals surface area contributed by atoms with Crippen molar-refractivity contribution in [3.63, 3.8) is 0 Å². The Bertz CT molecular complexity index is 470. The Morgan fingerprint density at radius 3 is 2.26 bits per heavy atom. The Morgan fingerprint density at radius 2 is 1.74 bits per heavy atom. The quantitative estimate of drug-likeness (QED) is 0.798. The summed E-state index contributed by atoms with van der Waals surface area (Å²) in [5, 5.41) is 0. The van der Waals surface area contributed by atoms with E-state index in [9.17, 15) is 8.42 Å². The first-order chi connectivity index (χ1) is 8.93. The molecule has 0 amide bonds. The highest BCUT2D eigenvalue weighted by atomic mass is 32.2. The first kappa shape index (κ1) is 16.2. The van der Waals surface area contributed by atoms with Gasteiger partial charge in [0.15, 0.2) is 0 Å². The fourth-order valence-electron chi connectivity index (χ4n) is 2.38. The van der Waals surface area contributed by atoms with E-state index in [1.807, 2.05) is 30.3 Å². The third-order valence-corrected chi connectivity index (χ3v) is 5.35. The van der Waals surface area contributed by atoms with Crippen LogP contribution in [0.25, 0.3) is 0 Å². The largest absolute Gasteiger partial charge is 0.321 e. The molecule has 0 fully saturated rings. The molecule has 0 aliphatic heterocycles. The van der Waals surface area contributed by atoms with Crippen molar-refractivity contribution in [2.45, 2.75) is 45.1 Å². The van der Waals surface area contributed by atoms with Crippen molar-refractivity contribution < 1.29 is 8.42 Å². The minimum atomic E-state index is -2.89. The van der Waals surface area contributed by atoms with E-state index in [1.165, 1.54) is 0 Å². The molecule has 3 nitrogen and oxygen atoms in total. The maximum atomic E-state index is 11.5. The molecular weight excluding hydrogens is 258 g/mol. The van der Waals surface area contributed by atoms with E-state index in [0.717, 1.165) is 18.4 Å². The topological polar surface area (TPSA) is 60.2 Å². The van der Waals surface area contributed by atoms with Crippen molar-refractivity contribution in [2.24, 2.45) is 5.73 Å². The van der Waals surface area contributed by atoms with E-state index in [1.54, 1.807) is 6.92 Å². The molecule has 0 saturated carbocycles. The summed E-state index contributed by atoms with van der Waals surface area (Å²) in [6.07, 6.45) is 3.21. The van der Waals surface area contributed by atoms with Crippen molar-refractivity contribution >= 4 is 9.84 Å². The average molecular weight is 283 g/mol. The molecule has 0 saturated heterocycles. The van der Waals surface area contributed by atoms with Crippen LogP contribution in [0.5, 0.6) is 0 Å². The molecule has 0 radical (unpaired) electrons. The molecule has 108 valence electrons. The van der Waals surface area contributed by atoms with Crippen molar-refractivity contribution in [2.75, 3.05) is 11.5 Å². The minimum absolute atomic E-state index is 0.212. The Hall–Kier alpha value is -0.870. The van der Waals surface area contributed by atoms with Gasteiger partial charge in [0, 0.05) is 11.3 Å². The third kappa shape index (κ3) is 4.96. The van der Waals surface area contributed by atoms with Gasteiger partial charge in [0.25, 0.3) is 0 Å². The normalized spacial score (nSPS) is 15.1. The zero-order valence-corrected chi connectivity index (χ0v) is 12.7. The summed E-state index contributed by atoms with van der Waals surface area (Å²) in [4.78, 5) is 0. The van der Waals surface area contributed by atoms with Gasteiger partial charge < -0.3 is 5.73 Å². The number of hydrogen-bond donors (Lipinski definition) is 1. The minimum Gasteiger partial charge on any atom is -0.321 e. The van der Waals surface area contributed by atoms with Gasteiger partial charge in [-0.05, 0) is 24.8 Å². The van der Waals surface area contributed by atoms with Crippen LogP contribution in [0.2, 0.25) is 0 Å². The molecule has 0 spiro atoms. The first-order valence-electron chi connectivity index (χ1n) is 6.98. The lowest BCUT2D eigenvalue weighted by Crippen LogP contribution is -2.37. The standard InChI is InChI=1S/C15H25NO2S/c1-3-11-15(16,14-9-6-5-7-10-14)12-8-13-19(17,18)4-2/h5-7,9-10H,3-4,8,11-13,16H2,1-2H3. The molecule has 0 aliphatic carbocycles. The molecule has 1 unspecified atom stereocenters. The van der Waals surface area contributed by atoms with E-state index in [0.29, 0.717) is 12.8 Å². The van der Waals surface area contributed by atoms with Gasteiger partial charge in [-0.2, -0.15) is 0 Å². The first-order valence-corrected chi connectivity index (χ1v) is 8.80. The van der Waals surface area contributed by atoms with E-state index in [-0.39, 0.29) is 11.5 Å². The Balaban J connectivity index is 2.73. The van der Waals surface area contributed by atoms with Gasteiger partial charge in [0.05, 0.1) is 5.75 Å². The van der Waals surface area contributed by atoms with Gasteiger partial charge in [0.1, 0.15) is 9.84 Å². The molecule has 1 atom stereocenters. The predicted octanol–water partition coefficient (Wildman–Crippen LogP) is 2.86. The molecule has 0 heterocycles. The highest BCUT2D eigenvalue weighted by Crippen LogP contribution is 2.28. The van der Waals surface area contributed by atoms with E-state index in [2.05, 4.69) is 6.92 Å². The van der Waals surface area contributed by atoms with E-state index in [4.69, 9.17) is 5.73 Å². The zero-order valence-electron chi connectivity index (χ0n) is 11.9. The smallest absolute Gasteiger partial charge is 0.150 e. The van der Waals surface area contributed by atoms with Gasteiger partial charge in [-0.15, -0.1) is 0 Å². The van der Waals surface area contributed by atoms with Crippen LogP contribution in [0.3, 0.4) is 0 Å². The van der Waals surface area contributed by atoms with Gasteiger partial charge in [-0.3, -0.25) is 0 Å². The van der Waals surface area contributed by atoms with Crippen LogP contribution in [-0.4, -0.2) is 19.9 Å². The van der Waals surface area contributed by atoms with E-state index >= 15 is 0 Å². The second-order valence-electron chi connectivity index (χ2n) is 5.11. The maximum absolute atomic E-state index is 11.5. The zero-order chi connectivity index (χ0) is 14.4. The molecule has 4 heteroatoms. The van der Waals surface area contributed by atoms with Gasteiger partial charge in [-0.25, -0.2) is 8.42 Å². The second kappa shape index (κ2) is 7.06. The van der Waals surface area contributed by atoms with Crippen LogP contribution < -0.4 is 5.73 Å². The van der Waals surface area contributed by atoms with Crippen molar-refractivity contribution in [1.29, 1.82) is 0 Å². The highest BCUT2D eigenvalue weighted by Gasteiger charge is 2.26. The van der Waals surface area contributed by atoms with Gasteiger partial charge >= 0.3 is 0 Å². The van der Waals surface area contributed by atoms with Crippen molar-refractivity contribution in [3.8, 4) is 0 Å². The lowest BCUT2D eigenvalue weighted by atomic mass is 9.83. The third-order valence-electron chi connectivity index (χ3n) is 3.56. The molecule has 1 aromatic carbocycles. The summed E-state index contributed by atoms with van der Waals surface area (Å²) in [5.41, 5.74) is 7.20. The van der Waals surface area contributed by atoms with E-state index < -0.39 is 15.4 Å². The fraction of sp³-hybridized carbons (Fsp3) is 0.600. The number of rotatable bonds is 8. The summed E-state index contributed by atoms with van der Waals surface area (Å²) in [6, 6.07) is 10.00. The lowest BCUT2D eigenvalue weighted by Gasteiger charge is -2.30. The van der Waals surface area contributed by atoms with Crippen LogP contribution in [0.4, 0.5) is 0 Å². The van der Waals surface area contributed by atoms with Crippen LogP contribution in [0, 0.1) is 0 Å². The molecular formula is C15H25NO2S. The summed E-state index contributed by atoms with van der Waals surface area (Å²) in [7, 11) is -2.89. The number of hydrogen-bond acceptors (Lipinski definition) is 3. The van der Waals surface area contributed by atoms with Crippen molar-refractivity contribution in [3.05, 3.63) is 35.9 Å². The molecule has 0 bridgehead atoms. The SMILES string of the molecule is CCCC(N)(CCCS(=O)(=O)CC)c1ccccc1. The lowest BCUT2D eigenvalue weighted by molar-refractivity contribution is 0.369. The Morgan fingerprint density at radius 1 is 1.11 bits per heavy atom. The average Bonchev–Trinajstić information content (AvgIpc) is 2.40. The van der Waals surface area contributed by atoms with Crippen LogP contribution in [0.1, 0.15) is 45.1 Å². The number of sulfone groups is 1. The molecule has 2 N–H and O–H groups in total. The van der Waals surface area contributed by atoms with Crippen LogP contribution in [-0.2, 0) is 15.4 Å². The van der Waals surface area contributed by atoms with Gasteiger partial charge in [-0.1, -0.05) is 50.6 Å². The van der Waals surface area contributed by atoms with Crippen LogP contribution in [0.15, 0.2) is 30.3 Å². The molecule has 1 rings (SSSR count). The predicted molar refractivity (Wildman–Crippen MR) is 80.8 cm³/mol.